The van der Waals surface area contributed by atoms with Crippen LogP contribution in [0, 0.1) is 10.6 Å². The predicted octanol–water partition coefficient (Wildman–Crippen LogP) is 0.919. The van der Waals surface area contributed by atoms with Gasteiger partial charge in [0.2, 0.25) is 5.82 Å². The molecule has 0 bridgehead atoms. The highest BCUT2D eigenvalue weighted by Gasteiger charge is 2.34. The second-order valence-electron chi connectivity index (χ2n) is 6.64. The molecule has 4 N–H and O–H groups in total. The number of aromatic nitrogens is 2. The molecule has 2 aromatic rings. The summed E-state index contributed by atoms with van der Waals surface area (Å²) in [6.45, 7) is 0.832. The van der Waals surface area contributed by atoms with Crippen molar-refractivity contribution >= 4 is 21.6 Å². The molecular weight excluding hydrogens is 377 g/mol. The molecule has 0 radical (unpaired) electrons. The number of hydrogen-bond donors (Lipinski definition) is 4. The number of hydrogen-bond acceptors (Lipinski definition) is 8. The van der Waals surface area contributed by atoms with Crippen molar-refractivity contribution < 1.29 is 18.4 Å². The van der Waals surface area contributed by atoms with E-state index in [0.29, 0.717) is 19.5 Å². The summed E-state index contributed by atoms with van der Waals surface area (Å²) in [6, 6.07) is 4.28. The Labute approximate surface area is 154 Å². The number of halogens is 1. The number of amidine groups is 1. The van der Waals surface area contributed by atoms with Crippen molar-refractivity contribution in [1.82, 2.24) is 19.9 Å². The molecule has 1 aromatic carbocycles. The summed E-state index contributed by atoms with van der Waals surface area (Å²) in [6.07, 6.45) is 2.03. The van der Waals surface area contributed by atoms with Crippen LogP contribution in [0.4, 0.5) is 10.2 Å². The van der Waals surface area contributed by atoms with Crippen molar-refractivity contribution in [3.63, 3.8) is 0 Å². The van der Waals surface area contributed by atoms with Crippen molar-refractivity contribution in [2.24, 2.45) is 5.16 Å². The molecule has 1 aliphatic carbocycles. The van der Waals surface area contributed by atoms with Gasteiger partial charge in [0.15, 0.2) is 11.5 Å². The summed E-state index contributed by atoms with van der Waals surface area (Å²) in [4.78, 5) is 0. The highest BCUT2D eigenvalue weighted by molar-refractivity contribution is 7.89. The van der Waals surface area contributed by atoms with Crippen LogP contribution in [0.15, 0.2) is 28.0 Å². The monoisotopic (exact) mass is 395 g/mol. The van der Waals surface area contributed by atoms with Crippen LogP contribution in [0.3, 0.4) is 0 Å². The normalized spacial score (nSPS) is 22.3. The molecule has 12 heteroatoms. The van der Waals surface area contributed by atoms with Crippen molar-refractivity contribution in [3.05, 3.63) is 40.8 Å². The summed E-state index contributed by atoms with van der Waals surface area (Å²) in [5.74, 6) is -0.00873. The summed E-state index contributed by atoms with van der Waals surface area (Å²) < 4.78 is 38.9. The van der Waals surface area contributed by atoms with Gasteiger partial charge >= 0.3 is 0 Å². The van der Waals surface area contributed by atoms with Gasteiger partial charge in [0.1, 0.15) is 15.7 Å². The maximum Gasteiger partial charge on any atom is 0.202 e. The largest absolute Gasteiger partial charge is 0.409 e. The smallest absolute Gasteiger partial charge is 0.202 e. The average Bonchev–Trinajstić information content (AvgIpc) is 3.00. The van der Waals surface area contributed by atoms with Crippen LogP contribution in [0.5, 0.6) is 0 Å². The zero-order valence-corrected chi connectivity index (χ0v) is 15.2. The van der Waals surface area contributed by atoms with Crippen molar-refractivity contribution in [2.45, 2.75) is 18.5 Å². The third-order valence-corrected chi connectivity index (χ3v) is 6.00. The van der Waals surface area contributed by atoms with Gasteiger partial charge in [-0.3, -0.25) is 0 Å². The third-order valence-electron chi connectivity index (χ3n) is 4.71. The van der Waals surface area contributed by atoms with Gasteiger partial charge < -0.3 is 15.8 Å². The number of nitrogens with one attached hydrogen (secondary N) is 3. The maximum atomic E-state index is 13.4. The molecule has 1 aliphatic heterocycles. The SMILES string of the molecule is CS(=N)(=O)N1CC(Nc2nonc2C(=NO)NC2Cc3ccc(F)cc32)C1. The van der Waals surface area contributed by atoms with E-state index in [4.69, 9.17) is 9.41 Å². The Hall–Kier alpha value is -2.73. The molecule has 2 unspecified atom stereocenters. The van der Waals surface area contributed by atoms with Gasteiger partial charge in [-0.1, -0.05) is 11.2 Å². The lowest BCUT2D eigenvalue weighted by atomic mass is 9.83. The molecular formula is C15H18FN7O3S. The summed E-state index contributed by atoms with van der Waals surface area (Å²) in [5.41, 5.74) is 2.00. The minimum atomic E-state index is -2.73. The maximum absolute atomic E-state index is 13.4. The van der Waals surface area contributed by atoms with Crippen molar-refractivity contribution in [1.29, 1.82) is 4.78 Å². The van der Waals surface area contributed by atoms with Gasteiger partial charge in [-0.15, -0.1) is 0 Å². The first-order valence-electron chi connectivity index (χ1n) is 8.20. The fourth-order valence-corrected chi connectivity index (χ4v) is 4.09. The Morgan fingerprint density at radius 2 is 2.26 bits per heavy atom. The molecule has 144 valence electrons. The number of nitrogens with zero attached hydrogens (tertiary/aromatic N) is 4. The molecule has 1 saturated heterocycles. The zero-order chi connectivity index (χ0) is 19.2. The molecule has 27 heavy (non-hydrogen) atoms. The predicted molar refractivity (Wildman–Crippen MR) is 94.4 cm³/mol. The van der Waals surface area contributed by atoms with Crippen LogP contribution in [0.2, 0.25) is 0 Å². The van der Waals surface area contributed by atoms with Gasteiger partial charge in [-0.25, -0.2) is 22.3 Å². The second-order valence-corrected chi connectivity index (χ2v) is 8.77. The molecule has 1 fully saturated rings. The van der Waals surface area contributed by atoms with E-state index in [9.17, 15) is 13.8 Å². The van der Waals surface area contributed by atoms with Gasteiger partial charge in [-0.2, -0.15) is 0 Å². The van der Waals surface area contributed by atoms with Gasteiger partial charge in [-0.05, 0) is 40.0 Å². The van der Waals surface area contributed by atoms with E-state index in [1.807, 2.05) is 0 Å². The van der Waals surface area contributed by atoms with Crippen LogP contribution in [-0.4, -0.2) is 55.3 Å². The molecule has 0 spiro atoms. The minimum absolute atomic E-state index is 0.0506. The molecule has 10 nitrogen and oxygen atoms in total. The van der Waals surface area contributed by atoms with Gasteiger partial charge in [0, 0.05) is 19.3 Å². The first kappa shape index (κ1) is 17.7. The summed E-state index contributed by atoms with van der Waals surface area (Å²) >= 11 is 0. The lowest BCUT2D eigenvalue weighted by Gasteiger charge is -2.38. The first-order valence-corrected chi connectivity index (χ1v) is 10.1. The van der Waals surface area contributed by atoms with Gasteiger partial charge in [0.25, 0.3) is 0 Å². The average molecular weight is 395 g/mol. The van der Waals surface area contributed by atoms with Crippen LogP contribution >= 0.6 is 0 Å². The van der Waals surface area contributed by atoms with Crippen LogP contribution in [-0.2, 0) is 16.3 Å². The number of anilines is 1. The lowest BCUT2D eigenvalue weighted by Crippen LogP contribution is -2.56. The third kappa shape index (κ3) is 3.32. The van der Waals surface area contributed by atoms with E-state index in [0.717, 1.165) is 11.1 Å². The van der Waals surface area contributed by atoms with Crippen LogP contribution in [0.1, 0.15) is 22.9 Å². The van der Waals surface area contributed by atoms with Crippen molar-refractivity contribution in [2.75, 3.05) is 24.7 Å². The zero-order valence-electron chi connectivity index (χ0n) is 14.3. The number of benzene rings is 1. The minimum Gasteiger partial charge on any atom is -0.409 e. The summed E-state index contributed by atoms with van der Waals surface area (Å²) in [5, 5.41) is 26.3. The molecule has 1 aromatic heterocycles. The highest BCUT2D eigenvalue weighted by Crippen LogP contribution is 2.34. The Kier molecular flexibility index (Phi) is 4.23. The first-order chi connectivity index (χ1) is 12.8. The topological polar surface area (TPSA) is 140 Å². The Morgan fingerprint density at radius 3 is 2.96 bits per heavy atom. The number of rotatable bonds is 5. The quantitative estimate of drug-likeness (QED) is 0.255. The number of fused-ring (bicyclic) bond motifs is 1. The molecule has 0 saturated carbocycles. The van der Waals surface area contributed by atoms with Crippen LogP contribution in [0.25, 0.3) is 0 Å². The fourth-order valence-electron chi connectivity index (χ4n) is 3.16. The van der Waals surface area contributed by atoms with Gasteiger partial charge in [0.05, 0.1) is 12.1 Å². The van der Waals surface area contributed by atoms with E-state index in [1.54, 1.807) is 6.07 Å². The fraction of sp³-hybridized carbons (Fsp3) is 0.400. The molecule has 4 rings (SSSR count). The molecule has 2 aliphatic rings. The van der Waals surface area contributed by atoms with E-state index >= 15 is 0 Å². The lowest BCUT2D eigenvalue weighted by molar-refractivity contribution is 0.287. The van der Waals surface area contributed by atoms with E-state index in [-0.39, 0.29) is 35.2 Å². The van der Waals surface area contributed by atoms with E-state index < -0.39 is 9.92 Å². The highest BCUT2D eigenvalue weighted by atomic mass is 32.2. The van der Waals surface area contributed by atoms with Crippen LogP contribution < -0.4 is 10.6 Å². The second kappa shape index (κ2) is 6.46. The van der Waals surface area contributed by atoms with Crippen molar-refractivity contribution in [3.8, 4) is 0 Å². The Balaban J connectivity index is 1.44. The standard InChI is InChI=1S/C15H18FN7O3S/c1-27(17,25)23-6-10(7-23)18-15-13(21-26-22-15)14(20-24)19-12-4-8-2-3-9(16)5-11(8)12/h2-3,5,10,12,17,24H,4,6-7H2,1H3,(H,18,22)(H,19,20). The molecule has 0 amide bonds. The van der Waals surface area contributed by atoms with E-state index in [1.165, 1.54) is 22.7 Å². The number of oxime groups is 1. The Morgan fingerprint density at radius 1 is 1.48 bits per heavy atom. The van der Waals surface area contributed by atoms with E-state index in [2.05, 4.69) is 26.1 Å². The summed E-state index contributed by atoms with van der Waals surface area (Å²) in [7, 11) is -2.73. The molecule has 2 heterocycles. The molecule has 2 atom stereocenters. The Bertz CT molecular complexity index is 1000.